The van der Waals surface area contributed by atoms with Crippen LogP contribution < -0.4 is 10.1 Å². The number of nitrogens with zero attached hydrogens (tertiary/aromatic N) is 2. The van der Waals surface area contributed by atoms with Crippen molar-refractivity contribution < 1.29 is 14.3 Å². The van der Waals surface area contributed by atoms with Crippen molar-refractivity contribution in [3.63, 3.8) is 0 Å². The molecule has 0 fully saturated rings. The van der Waals surface area contributed by atoms with Gasteiger partial charge in [-0.05, 0) is 61.4 Å². The van der Waals surface area contributed by atoms with Crippen molar-refractivity contribution in [3.8, 4) is 5.75 Å². The Morgan fingerprint density at radius 3 is 2.71 bits per heavy atom. The molecular weight excluding hydrogens is 426 g/mol. The number of imidazole rings is 1. The first-order chi connectivity index (χ1) is 16.5. The van der Waals surface area contributed by atoms with E-state index in [2.05, 4.69) is 67.1 Å². The van der Waals surface area contributed by atoms with E-state index in [1.54, 1.807) is 0 Å². The summed E-state index contributed by atoms with van der Waals surface area (Å²) in [6, 6.07) is 14.8. The van der Waals surface area contributed by atoms with E-state index in [1.165, 1.54) is 23.8 Å². The Morgan fingerprint density at radius 2 is 1.91 bits per heavy atom. The second-order valence-electron chi connectivity index (χ2n) is 9.16. The number of benzene rings is 2. The molecule has 0 aliphatic rings. The van der Waals surface area contributed by atoms with Gasteiger partial charge in [-0.25, -0.2) is 4.98 Å². The highest BCUT2D eigenvalue weighted by Crippen LogP contribution is 2.27. The molecule has 0 saturated heterocycles. The SMILES string of the molecule is COCC(=O)NCCCCCc1nc2ccccc2n1CCCOc1cc(C)ccc1C(C)C. The van der Waals surface area contributed by atoms with Gasteiger partial charge in [-0.15, -0.1) is 0 Å². The van der Waals surface area contributed by atoms with E-state index in [4.69, 9.17) is 14.5 Å². The number of hydrogen-bond donors (Lipinski definition) is 1. The topological polar surface area (TPSA) is 65.4 Å². The number of nitrogens with one attached hydrogen (secondary N) is 1. The number of amides is 1. The lowest BCUT2D eigenvalue weighted by atomic mass is 10.0. The van der Waals surface area contributed by atoms with Gasteiger partial charge in [0.1, 0.15) is 18.2 Å². The molecule has 3 aromatic rings. The molecule has 0 saturated carbocycles. The van der Waals surface area contributed by atoms with Crippen LogP contribution in [0.4, 0.5) is 0 Å². The molecule has 0 unspecified atom stereocenters. The second-order valence-corrected chi connectivity index (χ2v) is 9.16. The Bertz CT molecular complexity index is 1060. The van der Waals surface area contributed by atoms with E-state index in [0.29, 0.717) is 19.1 Å². The van der Waals surface area contributed by atoms with E-state index < -0.39 is 0 Å². The minimum Gasteiger partial charge on any atom is -0.493 e. The van der Waals surface area contributed by atoms with Crippen LogP contribution >= 0.6 is 0 Å². The Morgan fingerprint density at radius 1 is 1.09 bits per heavy atom. The second kappa shape index (κ2) is 13.1. The van der Waals surface area contributed by atoms with E-state index in [1.807, 2.05) is 6.07 Å². The van der Waals surface area contributed by atoms with Crippen molar-refractivity contribution in [2.45, 2.75) is 65.3 Å². The molecule has 3 rings (SSSR count). The first kappa shape index (κ1) is 25.8. The summed E-state index contributed by atoms with van der Waals surface area (Å²) >= 11 is 0. The van der Waals surface area contributed by atoms with Crippen LogP contribution in [0.2, 0.25) is 0 Å². The predicted octanol–water partition coefficient (Wildman–Crippen LogP) is 5.41. The third kappa shape index (κ3) is 7.32. The number of methoxy groups -OCH3 is 1. The first-order valence-corrected chi connectivity index (χ1v) is 12.4. The molecule has 184 valence electrons. The van der Waals surface area contributed by atoms with Crippen LogP contribution in [0.5, 0.6) is 5.75 Å². The number of aromatic nitrogens is 2. The molecule has 0 radical (unpaired) electrons. The molecule has 1 amide bonds. The van der Waals surface area contributed by atoms with Gasteiger partial charge >= 0.3 is 0 Å². The number of hydrogen-bond acceptors (Lipinski definition) is 4. The van der Waals surface area contributed by atoms with Gasteiger partial charge in [0.05, 0.1) is 17.6 Å². The molecular formula is C28H39N3O3. The molecule has 0 aliphatic heterocycles. The lowest BCUT2D eigenvalue weighted by Crippen LogP contribution is -2.27. The molecule has 2 aromatic carbocycles. The minimum atomic E-state index is -0.0577. The smallest absolute Gasteiger partial charge is 0.245 e. The van der Waals surface area contributed by atoms with Crippen LogP contribution in [0.25, 0.3) is 11.0 Å². The zero-order valence-electron chi connectivity index (χ0n) is 21.1. The fraction of sp³-hybridized carbons (Fsp3) is 0.500. The van der Waals surface area contributed by atoms with Gasteiger partial charge in [-0.3, -0.25) is 4.79 Å². The summed E-state index contributed by atoms with van der Waals surface area (Å²) < 4.78 is 13.4. The van der Waals surface area contributed by atoms with Crippen molar-refractivity contribution in [3.05, 3.63) is 59.4 Å². The number of rotatable bonds is 14. The van der Waals surface area contributed by atoms with E-state index in [9.17, 15) is 4.79 Å². The number of ether oxygens (including phenoxy) is 2. The van der Waals surface area contributed by atoms with Crippen molar-refractivity contribution in [1.82, 2.24) is 14.9 Å². The van der Waals surface area contributed by atoms with Crippen molar-refractivity contribution in [2.24, 2.45) is 0 Å². The molecule has 34 heavy (non-hydrogen) atoms. The number of fused-ring (bicyclic) bond motifs is 1. The van der Waals surface area contributed by atoms with E-state index >= 15 is 0 Å². The van der Waals surface area contributed by atoms with Gasteiger partial charge in [-0.2, -0.15) is 0 Å². The summed E-state index contributed by atoms with van der Waals surface area (Å²) in [7, 11) is 1.53. The number of carbonyl (C=O) groups excluding carboxylic acids is 1. The van der Waals surface area contributed by atoms with Gasteiger partial charge in [0.25, 0.3) is 0 Å². The summed E-state index contributed by atoms with van der Waals surface area (Å²) in [6.45, 7) is 8.88. The summed E-state index contributed by atoms with van der Waals surface area (Å²) in [5.41, 5.74) is 4.71. The molecule has 1 N–H and O–H groups in total. The van der Waals surface area contributed by atoms with Gasteiger partial charge in [-0.1, -0.05) is 44.5 Å². The summed E-state index contributed by atoms with van der Waals surface area (Å²) in [5, 5.41) is 2.88. The van der Waals surface area contributed by atoms with Gasteiger partial charge in [0.2, 0.25) is 5.91 Å². The third-order valence-electron chi connectivity index (χ3n) is 5.98. The molecule has 0 spiro atoms. The molecule has 1 aromatic heterocycles. The number of unbranched alkanes of at least 4 members (excludes halogenated alkanes) is 2. The van der Waals surface area contributed by atoms with Crippen molar-refractivity contribution >= 4 is 16.9 Å². The van der Waals surface area contributed by atoms with Crippen LogP contribution in [-0.2, 0) is 22.5 Å². The van der Waals surface area contributed by atoms with Crippen molar-refractivity contribution in [1.29, 1.82) is 0 Å². The van der Waals surface area contributed by atoms with Crippen LogP contribution in [0.1, 0.15) is 62.4 Å². The normalized spacial score (nSPS) is 11.3. The molecule has 0 aliphatic carbocycles. The Labute approximate surface area is 203 Å². The van der Waals surface area contributed by atoms with Crippen LogP contribution in [0, 0.1) is 6.92 Å². The zero-order valence-corrected chi connectivity index (χ0v) is 21.1. The largest absolute Gasteiger partial charge is 0.493 e. The van der Waals surface area contributed by atoms with Crippen LogP contribution in [0.3, 0.4) is 0 Å². The minimum absolute atomic E-state index is 0.0577. The monoisotopic (exact) mass is 465 g/mol. The molecule has 6 heteroatoms. The fourth-order valence-electron chi connectivity index (χ4n) is 4.21. The highest BCUT2D eigenvalue weighted by Gasteiger charge is 2.11. The maximum absolute atomic E-state index is 11.5. The number of para-hydroxylation sites is 2. The lowest BCUT2D eigenvalue weighted by molar-refractivity contribution is -0.124. The average molecular weight is 466 g/mol. The van der Waals surface area contributed by atoms with E-state index in [0.717, 1.165) is 55.7 Å². The summed E-state index contributed by atoms with van der Waals surface area (Å²) in [5.74, 6) is 2.51. The maximum atomic E-state index is 11.5. The highest BCUT2D eigenvalue weighted by atomic mass is 16.5. The van der Waals surface area contributed by atoms with Gasteiger partial charge < -0.3 is 19.4 Å². The molecule has 1 heterocycles. The van der Waals surface area contributed by atoms with Crippen molar-refractivity contribution in [2.75, 3.05) is 26.9 Å². The number of aryl methyl sites for hydroxylation is 3. The predicted molar refractivity (Wildman–Crippen MR) is 138 cm³/mol. The maximum Gasteiger partial charge on any atom is 0.245 e. The summed E-state index contributed by atoms with van der Waals surface area (Å²) in [6.07, 6.45) is 4.89. The van der Waals surface area contributed by atoms with Crippen LogP contribution in [0.15, 0.2) is 42.5 Å². The van der Waals surface area contributed by atoms with Crippen LogP contribution in [-0.4, -0.2) is 42.3 Å². The molecule has 0 atom stereocenters. The molecule has 6 nitrogen and oxygen atoms in total. The number of carbonyl (C=O) groups is 1. The van der Waals surface area contributed by atoms with Gasteiger partial charge in [0, 0.05) is 26.6 Å². The van der Waals surface area contributed by atoms with E-state index in [-0.39, 0.29) is 12.5 Å². The highest BCUT2D eigenvalue weighted by molar-refractivity contribution is 5.77. The standard InChI is InChI=1S/C28H39N3O3/c1-21(2)23-15-14-22(3)19-26(23)34-18-10-17-31-25-12-8-7-11-24(25)30-27(31)13-6-5-9-16-29-28(32)20-33-4/h7-8,11-12,14-15,19,21H,5-6,9-10,13,16-18,20H2,1-4H3,(H,29,32). The quantitative estimate of drug-likeness (QED) is 0.323. The summed E-state index contributed by atoms with van der Waals surface area (Å²) in [4.78, 5) is 16.4. The Hall–Kier alpha value is -2.86. The Kier molecular flexibility index (Phi) is 9.95. The Balaban J connectivity index is 1.54. The first-order valence-electron chi connectivity index (χ1n) is 12.4. The fourth-order valence-corrected chi connectivity index (χ4v) is 4.21. The average Bonchev–Trinajstić information content (AvgIpc) is 3.16. The zero-order chi connectivity index (χ0) is 24.3. The third-order valence-corrected chi connectivity index (χ3v) is 5.98. The van der Waals surface area contributed by atoms with Gasteiger partial charge in [0.15, 0.2) is 0 Å². The molecule has 0 bridgehead atoms. The lowest BCUT2D eigenvalue weighted by Gasteiger charge is -2.15.